The third kappa shape index (κ3) is 4.85. The molecular weight excluding hydrogens is 405 g/mol. The van der Waals surface area contributed by atoms with Gasteiger partial charge in [0.2, 0.25) is 11.8 Å². The molecule has 5 nitrogen and oxygen atoms in total. The standard InChI is InChI=1S/C26H26FN3O2/c1-2-19-9-11-20(12-10-19)16-29(17-21-6-5-13-28-15-21)26(32)22-14-25(31)30(18-22)24-8-4-3-7-23(24)27/h3-13,15,22H,2,14,16-18H2,1H3. The molecule has 0 radical (unpaired) electrons. The second-order valence-corrected chi connectivity index (χ2v) is 8.08. The number of hydrogen-bond acceptors (Lipinski definition) is 3. The molecule has 1 aromatic heterocycles. The van der Waals surface area contributed by atoms with Crippen LogP contribution in [0, 0.1) is 11.7 Å². The highest BCUT2D eigenvalue weighted by Crippen LogP contribution is 2.29. The maximum absolute atomic E-state index is 14.2. The molecule has 2 aromatic carbocycles. The van der Waals surface area contributed by atoms with Crippen molar-refractivity contribution in [1.29, 1.82) is 0 Å². The molecular formula is C26H26FN3O2. The van der Waals surface area contributed by atoms with Gasteiger partial charge in [-0.3, -0.25) is 14.6 Å². The minimum atomic E-state index is -0.520. The molecule has 3 aromatic rings. The van der Waals surface area contributed by atoms with Gasteiger partial charge in [0, 0.05) is 38.4 Å². The van der Waals surface area contributed by atoms with E-state index in [1.165, 1.54) is 16.5 Å². The largest absolute Gasteiger partial charge is 0.334 e. The van der Waals surface area contributed by atoms with Gasteiger partial charge in [-0.1, -0.05) is 49.4 Å². The molecule has 0 N–H and O–H groups in total. The Kier molecular flexibility index (Phi) is 6.59. The van der Waals surface area contributed by atoms with Crippen LogP contribution in [0.1, 0.15) is 30.0 Å². The van der Waals surface area contributed by atoms with Gasteiger partial charge in [0.1, 0.15) is 5.82 Å². The second-order valence-electron chi connectivity index (χ2n) is 8.08. The Bertz CT molecular complexity index is 1090. The van der Waals surface area contributed by atoms with E-state index in [1.54, 1.807) is 35.5 Å². The van der Waals surface area contributed by atoms with Crippen LogP contribution < -0.4 is 4.90 Å². The number of carbonyl (C=O) groups excluding carboxylic acids is 2. The van der Waals surface area contributed by atoms with Crippen molar-refractivity contribution < 1.29 is 14.0 Å². The van der Waals surface area contributed by atoms with E-state index in [0.29, 0.717) is 13.1 Å². The summed E-state index contributed by atoms with van der Waals surface area (Å²) in [5.74, 6) is -1.33. The fourth-order valence-corrected chi connectivity index (χ4v) is 4.06. The van der Waals surface area contributed by atoms with Gasteiger partial charge in [-0.25, -0.2) is 4.39 Å². The summed E-state index contributed by atoms with van der Waals surface area (Å²) in [6.07, 6.45) is 4.47. The summed E-state index contributed by atoms with van der Waals surface area (Å²) >= 11 is 0. The maximum Gasteiger partial charge on any atom is 0.228 e. The average molecular weight is 432 g/mol. The number of aryl methyl sites for hydroxylation is 1. The van der Waals surface area contributed by atoms with Gasteiger partial charge in [0.15, 0.2) is 0 Å². The molecule has 0 spiro atoms. The molecule has 0 aliphatic carbocycles. The van der Waals surface area contributed by atoms with Crippen molar-refractivity contribution in [2.75, 3.05) is 11.4 Å². The Morgan fingerprint density at radius 2 is 1.75 bits per heavy atom. The van der Waals surface area contributed by atoms with E-state index in [4.69, 9.17) is 0 Å². The quantitative estimate of drug-likeness (QED) is 0.558. The predicted octanol–water partition coefficient (Wildman–Crippen LogP) is 4.37. The van der Waals surface area contributed by atoms with Crippen LogP contribution in [0.4, 0.5) is 10.1 Å². The molecule has 0 saturated carbocycles. The molecule has 4 rings (SSSR count). The predicted molar refractivity (Wildman–Crippen MR) is 121 cm³/mol. The van der Waals surface area contributed by atoms with Crippen LogP contribution in [0.3, 0.4) is 0 Å². The zero-order valence-corrected chi connectivity index (χ0v) is 18.1. The van der Waals surface area contributed by atoms with Crippen molar-refractivity contribution in [1.82, 2.24) is 9.88 Å². The summed E-state index contributed by atoms with van der Waals surface area (Å²) in [7, 11) is 0. The van der Waals surface area contributed by atoms with Crippen molar-refractivity contribution in [3.63, 3.8) is 0 Å². The first-order chi connectivity index (χ1) is 15.5. The lowest BCUT2D eigenvalue weighted by Gasteiger charge is -2.26. The van der Waals surface area contributed by atoms with E-state index in [-0.39, 0.29) is 30.5 Å². The number of anilines is 1. The minimum absolute atomic E-state index is 0.0749. The number of hydrogen-bond donors (Lipinski definition) is 0. The number of nitrogens with zero attached hydrogens (tertiary/aromatic N) is 3. The molecule has 1 atom stereocenters. The van der Waals surface area contributed by atoms with Crippen LogP contribution >= 0.6 is 0 Å². The van der Waals surface area contributed by atoms with E-state index in [9.17, 15) is 14.0 Å². The lowest BCUT2D eigenvalue weighted by atomic mass is 10.0. The van der Waals surface area contributed by atoms with Crippen LogP contribution in [0.15, 0.2) is 73.1 Å². The van der Waals surface area contributed by atoms with Gasteiger partial charge < -0.3 is 9.80 Å². The molecule has 1 unspecified atom stereocenters. The van der Waals surface area contributed by atoms with Crippen LogP contribution in [-0.2, 0) is 29.1 Å². The number of pyridine rings is 1. The van der Waals surface area contributed by atoms with E-state index >= 15 is 0 Å². The van der Waals surface area contributed by atoms with Crippen LogP contribution in [0.5, 0.6) is 0 Å². The number of rotatable bonds is 7. The molecule has 1 aliphatic heterocycles. The van der Waals surface area contributed by atoms with E-state index < -0.39 is 11.7 Å². The zero-order valence-electron chi connectivity index (χ0n) is 18.1. The minimum Gasteiger partial charge on any atom is -0.334 e. The summed E-state index contributed by atoms with van der Waals surface area (Å²) in [5.41, 5.74) is 3.40. The Labute approximate surface area is 187 Å². The molecule has 164 valence electrons. The molecule has 0 bridgehead atoms. The Hall–Kier alpha value is -3.54. The van der Waals surface area contributed by atoms with Gasteiger partial charge in [0.05, 0.1) is 11.6 Å². The Morgan fingerprint density at radius 3 is 2.44 bits per heavy atom. The smallest absolute Gasteiger partial charge is 0.228 e. The summed E-state index contributed by atoms with van der Waals surface area (Å²) < 4.78 is 14.2. The Morgan fingerprint density at radius 1 is 1.03 bits per heavy atom. The summed E-state index contributed by atoms with van der Waals surface area (Å²) in [6.45, 7) is 3.11. The van der Waals surface area contributed by atoms with Crippen molar-refractivity contribution in [2.24, 2.45) is 5.92 Å². The van der Waals surface area contributed by atoms with Crippen molar-refractivity contribution in [2.45, 2.75) is 32.9 Å². The van der Waals surface area contributed by atoms with Gasteiger partial charge >= 0.3 is 0 Å². The van der Waals surface area contributed by atoms with Gasteiger partial charge in [-0.15, -0.1) is 0 Å². The highest BCUT2D eigenvalue weighted by molar-refractivity contribution is 6.00. The topological polar surface area (TPSA) is 53.5 Å². The lowest BCUT2D eigenvalue weighted by Crippen LogP contribution is -2.36. The molecule has 1 fully saturated rings. The summed E-state index contributed by atoms with van der Waals surface area (Å²) in [5, 5.41) is 0. The first-order valence-corrected chi connectivity index (χ1v) is 10.9. The van der Waals surface area contributed by atoms with Crippen LogP contribution in [0.25, 0.3) is 0 Å². The number of carbonyl (C=O) groups is 2. The third-order valence-electron chi connectivity index (χ3n) is 5.83. The SMILES string of the molecule is CCc1ccc(CN(Cc2cccnc2)C(=O)C2CC(=O)N(c3ccccc3F)C2)cc1. The van der Waals surface area contributed by atoms with E-state index in [2.05, 4.69) is 24.0 Å². The fourth-order valence-electron chi connectivity index (χ4n) is 4.06. The molecule has 32 heavy (non-hydrogen) atoms. The molecule has 2 amide bonds. The molecule has 2 heterocycles. The van der Waals surface area contributed by atoms with E-state index in [1.807, 2.05) is 24.3 Å². The first-order valence-electron chi connectivity index (χ1n) is 10.9. The second kappa shape index (κ2) is 9.73. The molecule has 6 heteroatoms. The van der Waals surface area contributed by atoms with Crippen LogP contribution in [0.2, 0.25) is 0 Å². The number of benzene rings is 2. The van der Waals surface area contributed by atoms with Gasteiger partial charge in [-0.2, -0.15) is 0 Å². The average Bonchev–Trinajstić information content (AvgIpc) is 3.21. The Balaban J connectivity index is 1.55. The summed E-state index contributed by atoms with van der Waals surface area (Å²) in [6, 6.07) is 18.2. The van der Waals surface area contributed by atoms with E-state index in [0.717, 1.165) is 17.5 Å². The lowest BCUT2D eigenvalue weighted by molar-refractivity contribution is -0.137. The fraction of sp³-hybridized carbons (Fsp3) is 0.269. The number of halogens is 1. The van der Waals surface area contributed by atoms with Crippen molar-refractivity contribution >= 4 is 17.5 Å². The van der Waals surface area contributed by atoms with Gasteiger partial charge in [0.25, 0.3) is 0 Å². The highest BCUT2D eigenvalue weighted by atomic mass is 19.1. The third-order valence-corrected chi connectivity index (χ3v) is 5.83. The molecule has 1 saturated heterocycles. The molecule has 1 aliphatic rings. The van der Waals surface area contributed by atoms with Crippen molar-refractivity contribution in [3.8, 4) is 0 Å². The maximum atomic E-state index is 14.2. The van der Waals surface area contributed by atoms with Crippen LogP contribution in [-0.4, -0.2) is 28.2 Å². The number of para-hydroxylation sites is 1. The number of amides is 2. The summed E-state index contributed by atoms with van der Waals surface area (Å²) in [4.78, 5) is 33.5. The first kappa shape index (κ1) is 21.7. The van der Waals surface area contributed by atoms with Gasteiger partial charge in [-0.05, 0) is 41.3 Å². The monoisotopic (exact) mass is 431 g/mol. The zero-order chi connectivity index (χ0) is 22.5. The normalized spacial score (nSPS) is 15.8. The number of aromatic nitrogens is 1. The van der Waals surface area contributed by atoms with Crippen molar-refractivity contribution in [3.05, 3.63) is 95.6 Å². The highest BCUT2D eigenvalue weighted by Gasteiger charge is 2.38.